The molecular weight excluding hydrogens is 278 g/mol. The van der Waals surface area contributed by atoms with Crippen LogP contribution in [-0.2, 0) is 16.1 Å². The molecule has 0 aromatic heterocycles. The van der Waals surface area contributed by atoms with E-state index in [1.165, 1.54) is 6.92 Å². The van der Waals surface area contributed by atoms with Crippen LogP contribution in [-0.4, -0.2) is 24.9 Å². The molecule has 1 atom stereocenters. The summed E-state index contributed by atoms with van der Waals surface area (Å²) >= 11 is 0. The molecule has 0 radical (unpaired) electrons. The van der Waals surface area contributed by atoms with E-state index in [9.17, 15) is 9.59 Å². The second-order valence-corrected chi connectivity index (χ2v) is 4.79. The van der Waals surface area contributed by atoms with Gasteiger partial charge in [-0.2, -0.15) is 0 Å². The molecule has 6 heteroatoms. The van der Waals surface area contributed by atoms with Crippen molar-refractivity contribution in [1.29, 1.82) is 0 Å². The maximum Gasteiger partial charge on any atom is 0.224 e. The number of hydrogen-bond donors (Lipinski definition) is 3. The van der Waals surface area contributed by atoms with Crippen LogP contribution in [0.1, 0.15) is 18.9 Å². The van der Waals surface area contributed by atoms with Gasteiger partial charge in [0.1, 0.15) is 0 Å². The molecule has 0 saturated carbocycles. The van der Waals surface area contributed by atoms with Crippen LogP contribution >= 0.6 is 12.4 Å². The van der Waals surface area contributed by atoms with Crippen molar-refractivity contribution >= 4 is 29.9 Å². The van der Waals surface area contributed by atoms with Crippen molar-refractivity contribution < 1.29 is 9.59 Å². The first-order chi connectivity index (χ1) is 9.15. The predicted octanol–water partition coefficient (Wildman–Crippen LogP) is 1.29. The summed E-state index contributed by atoms with van der Waals surface area (Å²) in [6, 6.07) is 7.49. The van der Waals surface area contributed by atoms with E-state index in [1.807, 2.05) is 24.3 Å². The van der Waals surface area contributed by atoms with Gasteiger partial charge in [-0.25, -0.2) is 0 Å². The Kier molecular flexibility index (Phi) is 6.48. The molecule has 1 heterocycles. The lowest BCUT2D eigenvalue weighted by Gasteiger charge is -2.10. The van der Waals surface area contributed by atoms with Gasteiger partial charge in [-0.1, -0.05) is 12.1 Å². The molecule has 1 unspecified atom stereocenters. The van der Waals surface area contributed by atoms with E-state index in [1.54, 1.807) is 0 Å². The molecule has 1 aliphatic rings. The maximum atomic E-state index is 11.9. The van der Waals surface area contributed by atoms with Crippen LogP contribution in [0.2, 0.25) is 0 Å². The zero-order valence-corrected chi connectivity index (χ0v) is 12.3. The van der Waals surface area contributed by atoms with Crippen molar-refractivity contribution in [1.82, 2.24) is 10.6 Å². The molecule has 2 amide bonds. The number of carbonyl (C=O) groups is 2. The molecule has 1 aromatic carbocycles. The molecule has 0 spiro atoms. The van der Waals surface area contributed by atoms with E-state index in [2.05, 4.69) is 16.0 Å². The summed E-state index contributed by atoms with van der Waals surface area (Å²) in [6.45, 7) is 3.64. The number of hydrogen-bond acceptors (Lipinski definition) is 3. The molecule has 0 aliphatic carbocycles. The van der Waals surface area contributed by atoms with Gasteiger partial charge in [0, 0.05) is 25.7 Å². The zero-order chi connectivity index (χ0) is 13.7. The van der Waals surface area contributed by atoms with Crippen LogP contribution in [0.3, 0.4) is 0 Å². The highest BCUT2D eigenvalue weighted by Crippen LogP contribution is 2.11. The average molecular weight is 298 g/mol. The molecule has 20 heavy (non-hydrogen) atoms. The third-order valence-corrected chi connectivity index (χ3v) is 3.15. The van der Waals surface area contributed by atoms with Crippen LogP contribution in [0.5, 0.6) is 0 Å². The Hall–Kier alpha value is -1.59. The lowest BCUT2D eigenvalue weighted by molar-refractivity contribution is -0.124. The minimum Gasteiger partial charge on any atom is -0.352 e. The van der Waals surface area contributed by atoms with Gasteiger partial charge in [0.25, 0.3) is 0 Å². The number of benzene rings is 1. The van der Waals surface area contributed by atoms with Crippen LogP contribution in [0.15, 0.2) is 24.3 Å². The summed E-state index contributed by atoms with van der Waals surface area (Å²) in [7, 11) is 0. The fourth-order valence-electron chi connectivity index (χ4n) is 2.17. The van der Waals surface area contributed by atoms with Gasteiger partial charge in [0.2, 0.25) is 11.8 Å². The second kappa shape index (κ2) is 7.87. The van der Waals surface area contributed by atoms with E-state index in [4.69, 9.17) is 0 Å². The van der Waals surface area contributed by atoms with E-state index < -0.39 is 0 Å². The lowest BCUT2D eigenvalue weighted by atomic mass is 10.1. The minimum atomic E-state index is -0.0989. The standard InChI is InChI=1S/C14H19N3O2.ClH/c1-10(18)17-13-4-2-3-11(7-13)8-16-14(19)12-5-6-15-9-12;/h2-4,7,12,15H,5-6,8-9H2,1H3,(H,16,19)(H,17,18);1H. The average Bonchev–Trinajstić information content (AvgIpc) is 2.89. The number of rotatable bonds is 4. The molecular formula is C14H20ClN3O2. The molecule has 2 rings (SSSR count). The highest BCUT2D eigenvalue weighted by Gasteiger charge is 2.21. The summed E-state index contributed by atoms with van der Waals surface area (Å²) in [5.74, 6) is 0.0756. The highest BCUT2D eigenvalue weighted by atomic mass is 35.5. The van der Waals surface area contributed by atoms with E-state index in [0.717, 1.165) is 30.8 Å². The molecule has 1 aromatic rings. The van der Waals surface area contributed by atoms with Crippen molar-refractivity contribution in [2.24, 2.45) is 5.92 Å². The molecule has 5 nitrogen and oxygen atoms in total. The molecule has 3 N–H and O–H groups in total. The van der Waals surface area contributed by atoms with Crippen LogP contribution in [0.25, 0.3) is 0 Å². The molecule has 110 valence electrons. The lowest BCUT2D eigenvalue weighted by Crippen LogP contribution is -2.31. The second-order valence-electron chi connectivity index (χ2n) is 4.79. The first-order valence-electron chi connectivity index (χ1n) is 6.50. The van der Waals surface area contributed by atoms with Crippen molar-refractivity contribution in [3.05, 3.63) is 29.8 Å². The van der Waals surface area contributed by atoms with Crippen LogP contribution in [0.4, 0.5) is 5.69 Å². The first kappa shape index (κ1) is 16.5. The summed E-state index contributed by atoms with van der Waals surface area (Å²) in [6.07, 6.45) is 0.901. The third-order valence-electron chi connectivity index (χ3n) is 3.15. The largest absolute Gasteiger partial charge is 0.352 e. The van der Waals surface area contributed by atoms with Gasteiger partial charge in [0.05, 0.1) is 5.92 Å². The third kappa shape index (κ3) is 4.83. The maximum absolute atomic E-state index is 11.9. The van der Waals surface area contributed by atoms with Crippen molar-refractivity contribution in [2.75, 3.05) is 18.4 Å². The number of anilines is 1. The summed E-state index contributed by atoms with van der Waals surface area (Å²) in [4.78, 5) is 22.8. The Morgan fingerprint density at radius 3 is 2.85 bits per heavy atom. The first-order valence-corrected chi connectivity index (χ1v) is 6.50. The van der Waals surface area contributed by atoms with Crippen LogP contribution < -0.4 is 16.0 Å². The Morgan fingerprint density at radius 2 is 2.20 bits per heavy atom. The summed E-state index contributed by atoms with van der Waals surface area (Å²) in [5, 5.41) is 8.83. The monoisotopic (exact) mass is 297 g/mol. The van der Waals surface area contributed by atoms with E-state index in [-0.39, 0.29) is 30.1 Å². The predicted molar refractivity (Wildman–Crippen MR) is 80.8 cm³/mol. The van der Waals surface area contributed by atoms with Crippen LogP contribution in [0, 0.1) is 5.92 Å². The van der Waals surface area contributed by atoms with Crippen molar-refractivity contribution in [3.63, 3.8) is 0 Å². The highest BCUT2D eigenvalue weighted by molar-refractivity contribution is 5.88. The smallest absolute Gasteiger partial charge is 0.224 e. The zero-order valence-electron chi connectivity index (χ0n) is 11.4. The normalized spacial score (nSPS) is 17.1. The van der Waals surface area contributed by atoms with E-state index >= 15 is 0 Å². The molecule has 1 aliphatic heterocycles. The summed E-state index contributed by atoms with van der Waals surface area (Å²) < 4.78 is 0. The van der Waals surface area contributed by atoms with Gasteiger partial charge in [0.15, 0.2) is 0 Å². The van der Waals surface area contributed by atoms with Crippen molar-refractivity contribution in [3.8, 4) is 0 Å². The fraction of sp³-hybridized carbons (Fsp3) is 0.429. The Labute approximate surface area is 124 Å². The van der Waals surface area contributed by atoms with Gasteiger partial charge in [-0.15, -0.1) is 12.4 Å². The van der Waals surface area contributed by atoms with Gasteiger partial charge in [-0.3, -0.25) is 9.59 Å². The summed E-state index contributed by atoms with van der Waals surface area (Å²) in [5.41, 5.74) is 1.73. The van der Waals surface area contributed by atoms with Crippen molar-refractivity contribution in [2.45, 2.75) is 19.9 Å². The van der Waals surface area contributed by atoms with E-state index in [0.29, 0.717) is 6.54 Å². The fourth-order valence-corrected chi connectivity index (χ4v) is 2.17. The Morgan fingerprint density at radius 1 is 1.40 bits per heavy atom. The molecule has 0 bridgehead atoms. The van der Waals surface area contributed by atoms with Gasteiger partial charge in [-0.05, 0) is 30.7 Å². The number of nitrogens with one attached hydrogen (secondary N) is 3. The van der Waals surface area contributed by atoms with Gasteiger partial charge < -0.3 is 16.0 Å². The quantitative estimate of drug-likeness (QED) is 0.784. The SMILES string of the molecule is CC(=O)Nc1cccc(CNC(=O)C2CCNC2)c1.Cl. The number of halogens is 1. The minimum absolute atomic E-state index is 0. The molecule has 1 saturated heterocycles. The Bertz CT molecular complexity index is 473. The number of carbonyl (C=O) groups excluding carboxylic acids is 2. The van der Waals surface area contributed by atoms with Gasteiger partial charge >= 0.3 is 0 Å². The Balaban J connectivity index is 0.00000200. The topological polar surface area (TPSA) is 70.2 Å². The number of amides is 2. The molecule has 1 fully saturated rings.